The fraction of sp³-hybridized carbons (Fsp3) is 0.0909. The van der Waals surface area contributed by atoms with Gasteiger partial charge in [-0.3, -0.25) is 9.11 Å². The average molecular weight is 317 g/mol. The minimum atomic E-state index is -4.46. The summed E-state index contributed by atoms with van der Waals surface area (Å²) in [7, 11) is -7.36. The summed E-state index contributed by atoms with van der Waals surface area (Å²) in [6, 6.07) is 6.33. The normalized spacial score (nSPS) is 12.6. The molecule has 3 N–H and O–H groups in total. The summed E-state index contributed by atoms with van der Waals surface area (Å²) in [5.41, 5.74) is 0.180. The minimum Gasteiger partial charge on any atom is -0.387 e. The van der Waals surface area contributed by atoms with Crippen LogP contribution in [-0.4, -0.2) is 33.0 Å². The molecule has 0 aliphatic rings. The van der Waals surface area contributed by atoms with Gasteiger partial charge in [-0.1, -0.05) is 6.07 Å². The molecule has 9 heteroatoms. The Morgan fingerprint density at radius 2 is 1.55 bits per heavy atom. The highest BCUT2D eigenvalue weighted by Crippen LogP contribution is 2.29. The lowest BCUT2D eigenvalue weighted by molar-refractivity contribution is 0.481. The van der Waals surface area contributed by atoms with Crippen LogP contribution in [0.4, 0.5) is 5.69 Å². The summed E-state index contributed by atoms with van der Waals surface area (Å²) in [4.78, 5) is -0.733. The highest BCUT2D eigenvalue weighted by Gasteiger charge is 2.17. The van der Waals surface area contributed by atoms with E-state index in [0.717, 1.165) is 12.1 Å². The van der Waals surface area contributed by atoms with Crippen molar-refractivity contribution in [3.05, 3.63) is 30.3 Å². The van der Waals surface area contributed by atoms with Gasteiger partial charge in [-0.2, -0.15) is 16.8 Å². The standard InChI is InChI=1S/C11H11NO6S2/c1-12-10-5-7-2-3-9(19(13,14)15)4-8(7)6-11(10)20(16,17)18/h2-6,12H,1H3,(H,13,14,15)(H,16,17,18). The van der Waals surface area contributed by atoms with Crippen LogP contribution in [0, 0.1) is 0 Å². The first-order chi connectivity index (χ1) is 9.13. The quantitative estimate of drug-likeness (QED) is 0.731. The number of hydrogen-bond donors (Lipinski definition) is 3. The van der Waals surface area contributed by atoms with Crippen LogP contribution in [0.15, 0.2) is 40.1 Å². The van der Waals surface area contributed by atoms with E-state index in [1.54, 1.807) is 0 Å². The van der Waals surface area contributed by atoms with E-state index in [0.29, 0.717) is 5.39 Å². The van der Waals surface area contributed by atoms with E-state index in [1.165, 1.54) is 25.2 Å². The molecule has 108 valence electrons. The zero-order valence-electron chi connectivity index (χ0n) is 10.2. The largest absolute Gasteiger partial charge is 0.387 e. The van der Waals surface area contributed by atoms with Gasteiger partial charge in [0, 0.05) is 7.05 Å². The predicted octanol–water partition coefficient (Wildman–Crippen LogP) is 1.37. The van der Waals surface area contributed by atoms with Crippen molar-refractivity contribution in [3.8, 4) is 0 Å². The number of fused-ring (bicyclic) bond motifs is 1. The topological polar surface area (TPSA) is 121 Å². The zero-order chi connectivity index (χ0) is 15.1. The Morgan fingerprint density at radius 3 is 2.05 bits per heavy atom. The molecule has 0 radical (unpaired) electrons. The van der Waals surface area contributed by atoms with Crippen molar-refractivity contribution in [2.75, 3.05) is 12.4 Å². The fourth-order valence-electron chi connectivity index (χ4n) is 1.82. The van der Waals surface area contributed by atoms with E-state index < -0.39 is 20.2 Å². The molecule has 0 aromatic heterocycles. The Bertz CT molecular complexity index is 887. The molecule has 0 spiro atoms. The highest BCUT2D eigenvalue weighted by atomic mass is 32.2. The molecule has 2 rings (SSSR count). The van der Waals surface area contributed by atoms with E-state index in [1.807, 2.05) is 0 Å². The summed E-state index contributed by atoms with van der Waals surface area (Å²) in [5, 5.41) is 3.44. The first-order valence-corrected chi connectivity index (χ1v) is 8.21. The van der Waals surface area contributed by atoms with Crippen molar-refractivity contribution >= 4 is 36.7 Å². The third kappa shape index (κ3) is 2.75. The third-order valence-corrected chi connectivity index (χ3v) is 4.50. The lowest BCUT2D eigenvalue weighted by Gasteiger charge is -2.09. The van der Waals surface area contributed by atoms with Crippen LogP contribution in [0.5, 0.6) is 0 Å². The lowest BCUT2D eigenvalue weighted by atomic mass is 10.1. The smallest absolute Gasteiger partial charge is 0.296 e. The number of nitrogens with one attached hydrogen (secondary N) is 1. The summed E-state index contributed by atoms with van der Waals surface area (Å²) < 4.78 is 62.8. The molecular formula is C11H11NO6S2. The molecule has 0 saturated heterocycles. The Kier molecular flexibility index (Phi) is 3.46. The molecular weight excluding hydrogens is 306 g/mol. The van der Waals surface area contributed by atoms with Crippen LogP contribution in [0.3, 0.4) is 0 Å². The van der Waals surface area contributed by atoms with E-state index in [9.17, 15) is 16.8 Å². The second-order valence-electron chi connectivity index (χ2n) is 4.06. The second kappa shape index (κ2) is 4.70. The Morgan fingerprint density at radius 1 is 0.900 bits per heavy atom. The van der Waals surface area contributed by atoms with Gasteiger partial charge in [0.2, 0.25) is 0 Å². The molecule has 0 aliphatic carbocycles. The Balaban J connectivity index is 2.84. The maximum absolute atomic E-state index is 11.3. The third-order valence-electron chi connectivity index (χ3n) is 2.76. The summed E-state index contributed by atoms with van der Waals surface area (Å²) in [6.07, 6.45) is 0. The average Bonchev–Trinajstić information content (AvgIpc) is 2.34. The zero-order valence-corrected chi connectivity index (χ0v) is 11.9. The molecule has 0 atom stereocenters. The van der Waals surface area contributed by atoms with Crippen LogP contribution in [0.1, 0.15) is 0 Å². The first kappa shape index (κ1) is 14.7. The van der Waals surface area contributed by atoms with Crippen molar-refractivity contribution < 1.29 is 25.9 Å². The van der Waals surface area contributed by atoms with Crippen molar-refractivity contribution in [2.24, 2.45) is 0 Å². The van der Waals surface area contributed by atoms with Gasteiger partial charge < -0.3 is 5.32 Å². The number of hydrogen-bond acceptors (Lipinski definition) is 5. The number of anilines is 1. The van der Waals surface area contributed by atoms with Gasteiger partial charge in [0.1, 0.15) is 4.90 Å². The van der Waals surface area contributed by atoms with Crippen molar-refractivity contribution in [1.29, 1.82) is 0 Å². The monoisotopic (exact) mass is 317 g/mol. The van der Waals surface area contributed by atoms with Gasteiger partial charge in [-0.05, 0) is 35.0 Å². The molecule has 0 bridgehead atoms. The summed E-state index contributed by atoms with van der Waals surface area (Å²) in [6.45, 7) is 0. The van der Waals surface area contributed by atoms with Crippen LogP contribution in [0.25, 0.3) is 10.8 Å². The maximum atomic E-state index is 11.3. The fourth-order valence-corrected chi connectivity index (χ4v) is 3.05. The van der Waals surface area contributed by atoms with Gasteiger partial charge in [0.05, 0.1) is 10.6 Å². The van der Waals surface area contributed by atoms with Crippen LogP contribution < -0.4 is 5.32 Å². The molecule has 0 heterocycles. The van der Waals surface area contributed by atoms with Gasteiger partial charge in [-0.15, -0.1) is 0 Å². The van der Waals surface area contributed by atoms with Crippen molar-refractivity contribution in [2.45, 2.75) is 9.79 Å². The van der Waals surface area contributed by atoms with Gasteiger partial charge >= 0.3 is 0 Å². The van der Waals surface area contributed by atoms with Crippen LogP contribution >= 0.6 is 0 Å². The highest BCUT2D eigenvalue weighted by molar-refractivity contribution is 7.86. The maximum Gasteiger partial charge on any atom is 0.296 e. The van der Waals surface area contributed by atoms with E-state index in [-0.39, 0.29) is 20.9 Å². The van der Waals surface area contributed by atoms with Gasteiger partial charge in [0.15, 0.2) is 0 Å². The lowest BCUT2D eigenvalue weighted by Crippen LogP contribution is -2.04. The molecule has 0 aliphatic heterocycles. The van der Waals surface area contributed by atoms with Crippen molar-refractivity contribution in [3.63, 3.8) is 0 Å². The van der Waals surface area contributed by atoms with E-state index in [4.69, 9.17) is 9.11 Å². The number of rotatable bonds is 3. The van der Waals surface area contributed by atoms with Gasteiger partial charge in [-0.25, -0.2) is 0 Å². The number of benzene rings is 2. The molecule has 7 nitrogen and oxygen atoms in total. The first-order valence-electron chi connectivity index (χ1n) is 5.33. The molecule has 0 amide bonds. The predicted molar refractivity (Wildman–Crippen MR) is 73.1 cm³/mol. The molecule has 0 fully saturated rings. The van der Waals surface area contributed by atoms with E-state index >= 15 is 0 Å². The second-order valence-corrected chi connectivity index (χ2v) is 6.87. The Hall–Kier alpha value is -1.68. The molecule has 2 aromatic rings. The van der Waals surface area contributed by atoms with Crippen LogP contribution in [0.2, 0.25) is 0 Å². The minimum absolute atomic E-state index is 0.180. The van der Waals surface area contributed by atoms with Crippen LogP contribution in [-0.2, 0) is 20.2 Å². The summed E-state index contributed by atoms with van der Waals surface area (Å²) >= 11 is 0. The molecule has 20 heavy (non-hydrogen) atoms. The van der Waals surface area contributed by atoms with Gasteiger partial charge in [0.25, 0.3) is 20.2 Å². The van der Waals surface area contributed by atoms with Crippen molar-refractivity contribution in [1.82, 2.24) is 0 Å². The molecule has 2 aromatic carbocycles. The SMILES string of the molecule is CNc1cc2ccc(S(=O)(=O)O)cc2cc1S(=O)(=O)O. The van der Waals surface area contributed by atoms with E-state index in [2.05, 4.69) is 5.32 Å². The summed E-state index contributed by atoms with van der Waals surface area (Å²) in [5.74, 6) is 0. The molecule has 0 saturated carbocycles. The Labute approximate surface area is 115 Å². The molecule has 0 unspecified atom stereocenters.